The quantitative estimate of drug-likeness (QED) is 0.598. The number of hydrogen-bond donors (Lipinski definition) is 1. The highest BCUT2D eigenvalue weighted by Crippen LogP contribution is 2.42. The van der Waals surface area contributed by atoms with Crippen molar-refractivity contribution in [3.8, 4) is 11.3 Å². The normalized spacial score (nSPS) is 12.1. The fourth-order valence-electron chi connectivity index (χ4n) is 2.94. The minimum Gasteiger partial charge on any atom is -0.449 e. The number of nitrogens with one attached hydrogen (secondary N) is 1. The summed E-state index contributed by atoms with van der Waals surface area (Å²) in [6.45, 7) is 2.26. The lowest BCUT2D eigenvalue weighted by atomic mass is 9.86. The van der Waals surface area contributed by atoms with Gasteiger partial charge in [-0.25, -0.2) is 4.79 Å². The van der Waals surface area contributed by atoms with Crippen molar-refractivity contribution in [2.75, 3.05) is 11.9 Å². The lowest BCUT2D eigenvalue weighted by Gasteiger charge is -2.18. The van der Waals surface area contributed by atoms with Gasteiger partial charge in [0.1, 0.15) is 0 Å². The number of ether oxygens (including phenoxy) is 1. The van der Waals surface area contributed by atoms with E-state index in [0.717, 1.165) is 27.8 Å². The number of fused-ring (bicyclic) bond motifs is 2. The molecule has 0 saturated heterocycles. The van der Waals surface area contributed by atoms with E-state index in [1.54, 1.807) is 18.2 Å². The molecule has 6 heteroatoms. The number of hydrogen-bond acceptors (Lipinski definition) is 5. The number of nitrogens with zero attached hydrogens (tertiary/aromatic N) is 1. The van der Waals surface area contributed by atoms with E-state index < -0.39 is 6.09 Å². The monoisotopic (exact) mass is 338 g/mol. The first kappa shape index (κ1) is 14.8. The van der Waals surface area contributed by atoms with Crippen molar-refractivity contribution in [1.29, 1.82) is 0 Å². The highest BCUT2D eigenvalue weighted by atomic mass is 32.1. The number of amides is 1. The van der Waals surface area contributed by atoms with Gasteiger partial charge in [-0.15, -0.1) is 0 Å². The predicted octanol–water partition coefficient (Wildman–Crippen LogP) is 4.47. The Morgan fingerprint density at radius 1 is 1.21 bits per heavy atom. The van der Waals surface area contributed by atoms with E-state index in [0.29, 0.717) is 23.4 Å². The minimum atomic E-state index is -0.555. The van der Waals surface area contributed by atoms with Crippen molar-refractivity contribution in [3.05, 3.63) is 47.5 Å². The van der Waals surface area contributed by atoms with Gasteiger partial charge < -0.3 is 4.74 Å². The number of carbonyl (C=O) groups excluding carboxylic acids is 2. The Balaban J connectivity index is 1.84. The fourth-order valence-corrected chi connectivity index (χ4v) is 3.76. The highest BCUT2D eigenvalue weighted by molar-refractivity contribution is 7.13. The van der Waals surface area contributed by atoms with Crippen LogP contribution in [0.1, 0.15) is 29.3 Å². The number of carbonyl (C=O) groups is 2. The van der Waals surface area contributed by atoms with Gasteiger partial charge in [0.05, 0.1) is 28.3 Å². The Labute approximate surface area is 142 Å². The zero-order valence-electron chi connectivity index (χ0n) is 13.0. The molecule has 120 valence electrons. The van der Waals surface area contributed by atoms with E-state index in [2.05, 4.69) is 9.69 Å². The van der Waals surface area contributed by atoms with Gasteiger partial charge in [-0.05, 0) is 30.1 Å². The number of benzene rings is 2. The molecule has 1 heterocycles. The summed E-state index contributed by atoms with van der Waals surface area (Å²) in [5, 5.41) is 3.58. The molecule has 1 amide bonds. The number of aromatic nitrogens is 1. The molecule has 1 aliphatic rings. The average Bonchev–Trinajstić information content (AvgIpc) is 3.03. The number of rotatable bonds is 3. The smallest absolute Gasteiger partial charge is 0.411 e. The van der Waals surface area contributed by atoms with Crippen LogP contribution in [0.15, 0.2) is 36.4 Å². The van der Waals surface area contributed by atoms with Gasteiger partial charge in [0.15, 0.2) is 5.78 Å². The molecule has 4 rings (SSSR count). The first-order valence-electron chi connectivity index (χ1n) is 7.71. The third-order valence-electron chi connectivity index (χ3n) is 3.96. The maximum atomic E-state index is 13.0. The van der Waals surface area contributed by atoms with E-state index in [1.807, 2.05) is 25.1 Å². The fraction of sp³-hybridized carbons (Fsp3) is 0.167. The summed E-state index contributed by atoms with van der Waals surface area (Å²) in [6, 6.07) is 11.0. The van der Waals surface area contributed by atoms with Gasteiger partial charge in [0.25, 0.3) is 0 Å². The molecule has 0 aliphatic heterocycles. The molecule has 5 nitrogen and oxygen atoms in total. The Kier molecular flexibility index (Phi) is 3.54. The van der Waals surface area contributed by atoms with Crippen molar-refractivity contribution in [3.63, 3.8) is 0 Å². The molecular weight excluding hydrogens is 324 g/mol. The second-order valence-corrected chi connectivity index (χ2v) is 6.33. The third-order valence-corrected chi connectivity index (χ3v) is 4.77. The van der Waals surface area contributed by atoms with E-state index >= 15 is 0 Å². The third kappa shape index (κ3) is 2.18. The van der Waals surface area contributed by atoms with Crippen LogP contribution < -0.4 is 5.32 Å². The van der Waals surface area contributed by atoms with Crippen LogP contribution in [0.5, 0.6) is 0 Å². The topological polar surface area (TPSA) is 68.3 Å². The molecular formula is C18H14N2O3S. The van der Waals surface area contributed by atoms with E-state index in [9.17, 15) is 9.59 Å². The predicted molar refractivity (Wildman–Crippen MR) is 93.8 cm³/mol. The molecule has 2 aromatic carbocycles. The molecule has 1 aliphatic carbocycles. The number of ketones is 1. The van der Waals surface area contributed by atoms with Crippen LogP contribution in [0.25, 0.3) is 21.3 Å². The molecule has 3 aromatic rings. The van der Waals surface area contributed by atoms with Gasteiger partial charge >= 0.3 is 6.09 Å². The zero-order valence-corrected chi connectivity index (χ0v) is 13.8. The second-order valence-electron chi connectivity index (χ2n) is 5.53. The minimum absolute atomic E-state index is 0.102. The zero-order chi connectivity index (χ0) is 16.7. The number of anilines is 1. The molecule has 24 heavy (non-hydrogen) atoms. The molecule has 0 unspecified atom stereocenters. The molecule has 0 radical (unpaired) electrons. The van der Waals surface area contributed by atoms with Crippen molar-refractivity contribution in [1.82, 2.24) is 4.37 Å². The molecule has 1 N–H and O–H groups in total. The van der Waals surface area contributed by atoms with E-state index in [-0.39, 0.29) is 5.78 Å². The van der Waals surface area contributed by atoms with Crippen LogP contribution in [0, 0.1) is 0 Å². The SMILES string of the molecule is CCCOC(=O)Nc1cccc2c1C(=O)c1cccc3snc-2c13. The van der Waals surface area contributed by atoms with E-state index in [1.165, 1.54) is 11.5 Å². The maximum Gasteiger partial charge on any atom is 0.411 e. The van der Waals surface area contributed by atoms with Gasteiger partial charge in [-0.1, -0.05) is 31.2 Å². The molecule has 0 spiro atoms. The van der Waals surface area contributed by atoms with Crippen LogP contribution in [0.3, 0.4) is 0 Å². The van der Waals surface area contributed by atoms with Crippen LogP contribution >= 0.6 is 11.5 Å². The standard InChI is InChI=1S/C18H14N2O3S/c1-2-9-23-18(22)19-12-7-3-5-10-14(12)17(21)11-6-4-8-13-15(11)16(10)20-24-13/h3-8H,2,9H2,1H3,(H,19,22). The van der Waals surface area contributed by atoms with Crippen LogP contribution in [-0.4, -0.2) is 22.9 Å². The Morgan fingerprint density at radius 2 is 2.00 bits per heavy atom. The van der Waals surface area contributed by atoms with Crippen LogP contribution in [-0.2, 0) is 4.74 Å². The molecule has 1 aromatic heterocycles. The van der Waals surface area contributed by atoms with E-state index in [4.69, 9.17) is 4.74 Å². The summed E-state index contributed by atoms with van der Waals surface area (Å²) in [5.41, 5.74) is 3.09. The highest BCUT2D eigenvalue weighted by Gasteiger charge is 2.30. The van der Waals surface area contributed by atoms with Crippen LogP contribution in [0.2, 0.25) is 0 Å². The van der Waals surface area contributed by atoms with Crippen LogP contribution in [0.4, 0.5) is 10.5 Å². The summed E-state index contributed by atoms with van der Waals surface area (Å²) in [7, 11) is 0. The second kappa shape index (κ2) is 5.72. The first-order valence-corrected chi connectivity index (χ1v) is 8.48. The van der Waals surface area contributed by atoms with Gasteiger partial charge in [-0.3, -0.25) is 10.1 Å². The van der Waals surface area contributed by atoms with Crippen molar-refractivity contribution < 1.29 is 14.3 Å². The van der Waals surface area contributed by atoms with Gasteiger partial charge in [0.2, 0.25) is 0 Å². The summed E-state index contributed by atoms with van der Waals surface area (Å²) in [5.74, 6) is -0.102. The average molecular weight is 338 g/mol. The molecule has 0 fully saturated rings. The molecule has 0 atom stereocenters. The molecule has 0 bridgehead atoms. The Morgan fingerprint density at radius 3 is 2.83 bits per heavy atom. The summed E-state index contributed by atoms with van der Waals surface area (Å²) in [4.78, 5) is 24.9. The van der Waals surface area contributed by atoms with Crippen molar-refractivity contribution in [2.24, 2.45) is 0 Å². The Hall–Kier alpha value is -2.73. The van der Waals surface area contributed by atoms with Gasteiger partial charge in [0, 0.05) is 16.5 Å². The maximum absolute atomic E-state index is 13.0. The molecule has 0 saturated carbocycles. The Bertz CT molecular complexity index is 978. The summed E-state index contributed by atoms with van der Waals surface area (Å²) in [6.07, 6.45) is 0.184. The largest absolute Gasteiger partial charge is 0.449 e. The lowest BCUT2D eigenvalue weighted by molar-refractivity contribution is 0.104. The lowest BCUT2D eigenvalue weighted by Crippen LogP contribution is -2.18. The van der Waals surface area contributed by atoms with Crippen molar-refractivity contribution in [2.45, 2.75) is 13.3 Å². The van der Waals surface area contributed by atoms with Gasteiger partial charge in [-0.2, -0.15) is 4.37 Å². The summed E-state index contributed by atoms with van der Waals surface area (Å²) >= 11 is 1.37. The summed E-state index contributed by atoms with van der Waals surface area (Å²) < 4.78 is 10.6. The first-order chi connectivity index (χ1) is 11.7. The van der Waals surface area contributed by atoms with Crippen molar-refractivity contribution >= 4 is 39.2 Å².